The van der Waals surface area contributed by atoms with E-state index in [1.165, 1.54) is 25.4 Å². The molecule has 8 nitrogen and oxygen atoms in total. The maximum atomic E-state index is 12.1. The summed E-state index contributed by atoms with van der Waals surface area (Å²) in [6.07, 6.45) is 0.744. The Kier molecular flexibility index (Phi) is 5.72. The van der Waals surface area contributed by atoms with Gasteiger partial charge in [-0.25, -0.2) is 4.79 Å². The summed E-state index contributed by atoms with van der Waals surface area (Å²) >= 11 is 3.12. The molecule has 2 rings (SSSR count). The zero-order valence-corrected chi connectivity index (χ0v) is 14.7. The molecule has 0 spiro atoms. The molecular formula is C13H17N5O3S2. The molecule has 124 valence electrons. The van der Waals surface area contributed by atoms with E-state index >= 15 is 0 Å². The Bertz CT molecular complexity index is 824. The van der Waals surface area contributed by atoms with E-state index in [9.17, 15) is 14.4 Å². The van der Waals surface area contributed by atoms with Gasteiger partial charge in [0.2, 0.25) is 0 Å². The average Bonchev–Trinajstić information content (AvgIpc) is 2.93. The first-order chi connectivity index (χ1) is 10.9. The standard InChI is InChI=1S/C13H17N5O3S2/c1-8-15-16-12(23-8)22-6-4-5-14-11(20)9-7-10(19)18(3)13(21)17(9)2/h7H,4-6H2,1-3H3,(H,14,20). The van der Waals surface area contributed by atoms with Crippen molar-refractivity contribution in [1.29, 1.82) is 0 Å². The Labute approximate surface area is 140 Å². The molecular weight excluding hydrogens is 338 g/mol. The van der Waals surface area contributed by atoms with E-state index in [2.05, 4.69) is 15.5 Å². The van der Waals surface area contributed by atoms with Crippen LogP contribution in [0.5, 0.6) is 0 Å². The Balaban J connectivity index is 1.86. The summed E-state index contributed by atoms with van der Waals surface area (Å²) in [7, 11) is 2.84. The molecule has 1 N–H and O–H groups in total. The third-order valence-corrected chi connectivity index (χ3v) is 5.16. The van der Waals surface area contributed by atoms with Crippen LogP contribution >= 0.6 is 23.1 Å². The summed E-state index contributed by atoms with van der Waals surface area (Å²) in [5.41, 5.74) is -0.962. The number of carbonyl (C=O) groups is 1. The van der Waals surface area contributed by atoms with Gasteiger partial charge in [0.05, 0.1) is 0 Å². The molecule has 0 radical (unpaired) electrons. The van der Waals surface area contributed by atoms with Crippen LogP contribution in [0.4, 0.5) is 0 Å². The second-order valence-electron chi connectivity index (χ2n) is 4.81. The number of nitrogens with zero attached hydrogens (tertiary/aromatic N) is 4. The van der Waals surface area contributed by atoms with E-state index in [0.717, 1.165) is 36.7 Å². The first-order valence-corrected chi connectivity index (χ1v) is 8.68. The minimum atomic E-state index is -0.523. The van der Waals surface area contributed by atoms with Gasteiger partial charge in [0.15, 0.2) is 4.34 Å². The van der Waals surface area contributed by atoms with Crippen LogP contribution in [0.2, 0.25) is 0 Å². The topological polar surface area (TPSA) is 98.9 Å². The number of rotatable bonds is 6. The molecule has 0 unspecified atom stereocenters. The molecule has 0 atom stereocenters. The van der Waals surface area contributed by atoms with Crippen LogP contribution in [-0.4, -0.2) is 37.5 Å². The molecule has 10 heteroatoms. The van der Waals surface area contributed by atoms with Crippen molar-refractivity contribution in [2.45, 2.75) is 17.7 Å². The second-order valence-corrected chi connectivity index (χ2v) is 7.34. The van der Waals surface area contributed by atoms with Crippen LogP contribution in [0.3, 0.4) is 0 Å². The van der Waals surface area contributed by atoms with Gasteiger partial charge in [-0.1, -0.05) is 23.1 Å². The number of hydrogen-bond acceptors (Lipinski definition) is 7. The molecule has 0 aliphatic heterocycles. The SMILES string of the molecule is Cc1nnc(SCCCNC(=O)c2cc(=O)n(C)c(=O)n2C)s1. The Morgan fingerprint density at radius 1 is 1.30 bits per heavy atom. The van der Waals surface area contributed by atoms with Crippen molar-refractivity contribution < 1.29 is 4.79 Å². The van der Waals surface area contributed by atoms with Crippen LogP contribution < -0.4 is 16.6 Å². The van der Waals surface area contributed by atoms with Gasteiger partial charge in [0.1, 0.15) is 10.7 Å². The van der Waals surface area contributed by atoms with Crippen molar-refractivity contribution in [2.24, 2.45) is 14.1 Å². The summed E-state index contributed by atoms with van der Waals surface area (Å²) in [5.74, 6) is 0.365. The van der Waals surface area contributed by atoms with E-state index in [0.29, 0.717) is 6.54 Å². The van der Waals surface area contributed by atoms with Crippen molar-refractivity contribution in [2.75, 3.05) is 12.3 Å². The lowest BCUT2D eigenvalue weighted by Crippen LogP contribution is -2.41. The van der Waals surface area contributed by atoms with Crippen LogP contribution in [0.25, 0.3) is 0 Å². The van der Waals surface area contributed by atoms with Gasteiger partial charge in [-0.05, 0) is 13.3 Å². The summed E-state index contributed by atoms with van der Waals surface area (Å²) in [6, 6.07) is 1.16. The Morgan fingerprint density at radius 3 is 2.70 bits per heavy atom. The summed E-state index contributed by atoms with van der Waals surface area (Å²) in [4.78, 5) is 35.5. The van der Waals surface area contributed by atoms with Gasteiger partial charge in [0.25, 0.3) is 11.5 Å². The smallest absolute Gasteiger partial charge is 0.331 e. The van der Waals surface area contributed by atoms with Gasteiger partial charge in [0, 0.05) is 32.5 Å². The lowest BCUT2D eigenvalue weighted by Gasteiger charge is -2.09. The summed E-state index contributed by atoms with van der Waals surface area (Å²) < 4.78 is 3.02. The fourth-order valence-corrected chi connectivity index (χ4v) is 3.64. The second kappa shape index (κ2) is 7.55. The molecule has 0 aromatic carbocycles. The molecule has 1 amide bonds. The van der Waals surface area contributed by atoms with E-state index < -0.39 is 17.2 Å². The third-order valence-electron chi connectivity index (χ3n) is 3.10. The van der Waals surface area contributed by atoms with Crippen LogP contribution in [0.15, 0.2) is 20.0 Å². The van der Waals surface area contributed by atoms with Gasteiger partial charge in [-0.15, -0.1) is 10.2 Å². The van der Waals surface area contributed by atoms with Crippen molar-refractivity contribution in [3.63, 3.8) is 0 Å². The molecule has 2 aromatic rings. The quantitative estimate of drug-likeness (QED) is 0.585. The largest absolute Gasteiger partial charge is 0.351 e. The molecule has 0 aliphatic rings. The number of aromatic nitrogens is 4. The highest BCUT2D eigenvalue weighted by atomic mass is 32.2. The fraction of sp³-hybridized carbons (Fsp3) is 0.462. The maximum absolute atomic E-state index is 12.1. The van der Waals surface area contributed by atoms with Gasteiger partial charge in [-0.2, -0.15) is 0 Å². The summed E-state index contributed by atoms with van der Waals surface area (Å²) in [5, 5.41) is 11.6. The van der Waals surface area contributed by atoms with Crippen molar-refractivity contribution in [1.82, 2.24) is 24.6 Å². The van der Waals surface area contributed by atoms with E-state index in [-0.39, 0.29) is 5.69 Å². The molecule has 2 heterocycles. The molecule has 0 fully saturated rings. The highest BCUT2D eigenvalue weighted by molar-refractivity contribution is 8.01. The molecule has 0 aliphatic carbocycles. The first kappa shape index (κ1) is 17.4. The molecule has 0 saturated carbocycles. The lowest BCUT2D eigenvalue weighted by atomic mass is 10.3. The van der Waals surface area contributed by atoms with Crippen LogP contribution in [0.1, 0.15) is 21.9 Å². The van der Waals surface area contributed by atoms with Gasteiger partial charge in [-0.3, -0.25) is 18.7 Å². The lowest BCUT2D eigenvalue weighted by molar-refractivity contribution is 0.0943. The maximum Gasteiger partial charge on any atom is 0.331 e. The molecule has 2 aromatic heterocycles. The Morgan fingerprint density at radius 2 is 2.04 bits per heavy atom. The zero-order valence-electron chi connectivity index (χ0n) is 13.0. The molecule has 0 bridgehead atoms. The molecule has 23 heavy (non-hydrogen) atoms. The number of hydrogen-bond donors (Lipinski definition) is 1. The number of thioether (sulfide) groups is 1. The highest BCUT2D eigenvalue weighted by Crippen LogP contribution is 2.21. The third kappa shape index (κ3) is 4.29. The number of carbonyl (C=O) groups excluding carboxylic acids is 1. The number of nitrogens with one attached hydrogen (secondary N) is 1. The van der Waals surface area contributed by atoms with E-state index in [1.807, 2.05) is 6.92 Å². The minimum absolute atomic E-state index is 0.0606. The number of amides is 1. The fourth-order valence-electron chi connectivity index (χ4n) is 1.81. The number of aryl methyl sites for hydroxylation is 1. The highest BCUT2D eigenvalue weighted by Gasteiger charge is 2.13. The zero-order chi connectivity index (χ0) is 17.0. The van der Waals surface area contributed by atoms with Crippen LogP contribution in [-0.2, 0) is 14.1 Å². The normalized spacial score (nSPS) is 10.7. The monoisotopic (exact) mass is 355 g/mol. The molecule has 0 saturated heterocycles. The predicted molar refractivity (Wildman–Crippen MR) is 89.2 cm³/mol. The van der Waals surface area contributed by atoms with E-state index in [4.69, 9.17) is 0 Å². The first-order valence-electron chi connectivity index (χ1n) is 6.88. The summed E-state index contributed by atoms with van der Waals surface area (Å²) in [6.45, 7) is 2.35. The van der Waals surface area contributed by atoms with E-state index in [1.54, 1.807) is 11.8 Å². The van der Waals surface area contributed by atoms with Crippen molar-refractivity contribution in [3.8, 4) is 0 Å². The predicted octanol–water partition coefficient (Wildman–Crippen LogP) is 0.156. The Hall–Kier alpha value is -1.94. The van der Waals surface area contributed by atoms with Crippen molar-refractivity contribution >= 4 is 29.0 Å². The van der Waals surface area contributed by atoms with Crippen molar-refractivity contribution in [3.05, 3.63) is 37.6 Å². The van der Waals surface area contributed by atoms with Gasteiger partial charge < -0.3 is 5.32 Å². The van der Waals surface area contributed by atoms with Gasteiger partial charge >= 0.3 is 5.69 Å². The minimum Gasteiger partial charge on any atom is -0.351 e. The van der Waals surface area contributed by atoms with Crippen LogP contribution in [0, 0.1) is 6.92 Å². The average molecular weight is 355 g/mol.